The molecule has 0 bridgehead atoms. The van der Waals surface area contributed by atoms with E-state index in [2.05, 4.69) is 18.8 Å². The molecule has 0 aliphatic heterocycles. The number of carbonyl (C=O) groups excluding carboxylic acids is 1. The van der Waals surface area contributed by atoms with E-state index in [9.17, 15) is 19.2 Å². The van der Waals surface area contributed by atoms with Crippen LogP contribution in [-0.4, -0.2) is 40.6 Å². The number of aryl methyl sites for hydroxylation is 2. The number of hydrogen-bond acceptors (Lipinski definition) is 6. The molecule has 12 heteroatoms. The van der Waals surface area contributed by atoms with Crippen LogP contribution in [0.5, 0.6) is 5.75 Å². The van der Waals surface area contributed by atoms with Crippen molar-refractivity contribution in [3.8, 4) is 11.4 Å². The highest BCUT2D eigenvalue weighted by molar-refractivity contribution is 5.95. The summed E-state index contributed by atoms with van der Waals surface area (Å²) in [6.07, 6.45) is 1.52. The predicted molar refractivity (Wildman–Crippen MR) is 167 cm³/mol. The number of benzene rings is 2. The van der Waals surface area contributed by atoms with Crippen LogP contribution in [0.1, 0.15) is 48.3 Å². The van der Waals surface area contributed by atoms with Gasteiger partial charge in [-0.3, -0.25) is 28.2 Å². The number of imidazole rings is 1. The number of nitrogens with zero attached hydrogens (tertiary/aromatic N) is 6. The minimum absolute atomic E-state index is 0.0891. The molecule has 0 saturated heterocycles. The van der Waals surface area contributed by atoms with E-state index in [0.29, 0.717) is 29.1 Å². The van der Waals surface area contributed by atoms with E-state index < -0.39 is 5.91 Å². The normalized spacial score (nSPS) is 10.6. The number of ether oxygens (including phenoxy) is 1. The zero-order valence-electron chi connectivity index (χ0n) is 25.9. The summed E-state index contributed by atoms with van der Waals surface area (Å²) in [6, 6.07) is 16.7. The molecule has 1 amide bonds. The molecule has 0 saturated carbocycles. The number of para-hydroxylation sites is 2. The number of nitrogens with two attached hydrogens (primary N) is 1. The third-order valence-electron chi connectivity index (χ3n) is 6.94. The third-order valence-corrected chi connectivity index (χ3v) is 6.94. The molecule has 228 valence electrons. The summed E-state index contributed by atoms with van der Waals surface area (Å²) in [6.45, 7) is 8.50. The first-order chi connectivity index (χ1) is 20.3. The topological polar surface area (TPSA) is 141 Å². The smallest absolute Gasteiger partial charge is 0.332 e. The molecular formula is C31H39N7O5. The van der Waals surface area contributed by atoms with Crippen LogP contribution in [-0.2, 0) is 28.2 Å². The van der Waals surface area contributed by atoms with Crippen LogP contribution < -0.4 is 27.3 Å². The summed E-state index contributed by atoms with van der Waals surface area (Å²) < 4.78 is 12.9. The zero-order chi connectivity index (χ0) is 32.0. The lowest BCUT2D eigenvalue weighted by Crippen LogP contribution is -2.37. The van der Waals surface area contributed by atoms with E-state index >= 15 is 0 Å². The molecule has 0 fully saturated rings. The summed E-state index contributed by atoms with van der Waals surface area (Å²) in [5, 5.41) is 0. The van der Waals surface area contributed by atoms with Crippen LogP contribution in [0.3, 0.4) is 0 Å². The molecule has 43 heavy (non-hydrogen) atoms. The van der Waals surface area contributed by atoms with Crippen molar-refractivity contribution < 1.29 is 9.53 Å². The molecule has 3 heterocycles. The van der Waals surface area contributed by atoms with Gasteiger partial charge in [-0.05, 0) is 44.0 Å². The van der Waals surface area contributed by atoms with Gasteiger partial charge in [-0.1, -0.05) is 44.2 Å². The maximum absolute atomic E-state index is 12.4. The number of amides is 1. The lowest BCUT2D eigenvalue weighted by molar-refractivity contribution is 0.0996. The van der Waals surface area contributed by atoms with Crippen molar-refractivity contribution in [1.29, 1.82) is 0 Å². The van der Waals surface area contributed by atoms with Crippen LogP contribution in [0.25, 0.3) is 16.9 Å². The van der Waals surface area contributed by atoms with Crippen LogP contribution in [0.4, 0.5) is 0 Å². The van der Waals surface area contributed by atoms with E-state index in [-0.39, 0.29) is 22.7 Å². The van der Waals surface area contributed by atoms with Gasteiger partial charge in [0.2, 0.25) is 0 Å². The standard InChI is InChI=1S/C14H18N2O.C9H11NO2.C8H10N4O2/c1-10(2)13-11(3)15(4)16(14(13)17)12-8-6-5-7-9-12;1-2-12-8-6-4-3-5-7(8)9(10)11;1-10-4-9-6-5(10)7(13)12(3)8(14)11(6)2/h5-10H,1-4H3;3-6H,2H2,1H3,(H2,10,11);4H,1-3H3. The zero-order valence-corrected chi connectivity index (χ0v) is 25.9. The largest absolute Gasteiger partial charge is 0.493 e. The highest BCUT2D eigenvalue weighted by Gasteiger charge is 2.18. The van der Waals surface area contributed by atoms with E-state index in [4.69, 9.17) is 10.5 Å². The minimum Gasteiger partial charge on any atom is -0.493 e. The molecule has 12 nitrogen and oxygen atoms in total. The first-order valence-corrected chi connectivity index (χ1v) is 13.8. The summed E-state index contributed by atoms with van der Waals surface area (Å²) in [5.74, 6) is 0.338. The first-order valence-electron chi connectivity index (χ1n) is 13.8. The summed E-state index contributed by atoms with van der Waals surface area (Å²) in [4.78, 5) is 50.4. The Morgan fingerprint density at radius 3 is 2.07 bits per heavy atom. The fourth-order valence-electron chi connectivity index (χ4n) is 4.68. The second kappa shape index (κ2) is 13.7. The Balaban J connectivity index is 0.000000180. The van der Waals surface area contributed by atoms with Crippen LogP contribution in [0, 0.1) is 6.92 Å². The minimum atomic E-state index is -0.459. The Kier molecular flexibility index (Phi) is 10.3. The highest BCUT2D eigenvalue weighted by Crippen LogP contribution is 2.18. The molecule has 5 rings (SSSR count). The number of carbonyl (C=O) groups is 1. The summed E-state index contributed by atoms with van der Waals surface area (Å²) in [5.41, 5.74) is 8.67. The molecule has 2 aromatic carbocycles. The maximum atomic E-state index is 12.4. The van der Waals surface area contributed by atoms with E-state index in [0.717, 1.165) is 21.5 Å². The number of primary amides is 1. The average molecular weight is 590 g/mol. The van der Waals surface area contributed by atoms with E-state index in [1.165, 1.54) is 17.9 Å². The van der Waals surface area contributed by atoms with Crippen molar-refractivity contribution in [3.63, 3.8) is 0 Å². The van der Waals surface area contributed by atoms with Gasteiger partial charge in [0.1, 0.15) is 5.75 Å². The second-order valence-electron chi connectivity index (χ2n) is 10.2. The van der Waals surface area contributed by atoms with Gasteiger partial charge in [0.05, 0.1) is 24.2 Å². The van der Waals surface area contributed by atoms with Gasteiger partial charge in [0, 0.05) is 39.4 Å². The number of fused-ring (bicyclic) bond motifs is 1. The van der Waals surface area contributed by atoms with Crippen LogP contribution in [0.2, 0.25) is 0 Å². The molecule has 0 aliphatic rings. The highest BCUT2D eigenvalue weighted by atomic mass is 16.5. The first kappa shape index (κ1) is 32.4. The Morgan fingerprint density at radius 1 is 0.907 bits per heavy atom. The molecule has 2 N–H and O–H groups in total. The SMILES string of the molecule is CCOc1ccccc1C(N)=O.Cc1c(C(C)C)c(=O)n(-c2ccccc2)n1C.Cn1c(=O)c2c(ncn2C)n(C)c1=O. The van der Waals surface area contributed by atoms with Gasteiger partial charge in [-0.15, -0.1) is 0 Å². The second-order valence-corrected chi connectivity index (χ2v) is 10.2. The van der Waals surface area contributed by atoms with Gasteiger partial charge in [0.15, 0.2) is 11.2 Å². The lowest BCUT2D eigenvalue weighted by Gasteiger charge is -2.07. The van der Waals surface area contributed by atoms with Gasteiger partial charge < -0.3 is 15.0 Å². The summed E-state index contributed by atoms with van der Waals surface area (Å²) in [7, 11) is 6.70. The molecule has 0 atom stereocenters. The maximum Gasteiger partial charge on any atom is 0.332 e. The molecule has 0 spiro atoms. The monoisotopic (exact) mass is 589 g/mol. The van der Waals surface area contributed by atoms with Crippen molar-refractivity contribution in [1.82, 2.24) is 28.0 Å². The fraction of sp³-hybridized carbons (Fsp3) is 0.323. The van der Waals surface area contributed by atoms with Crippen molar-refractivity contribution in [2.24, 2.45) is 33.9 Å². The molecule has 0 unspecified atom stereocenters. The third kappa shape index (κ3) is 6.69. The van der Waals surface area contributed by atoms with E-state index in [1.807, 2.05) is 55.9 Å². The molecule has 0 aliphatic carbocycles. The Labute approximate surface area is 249 Å². The van der Waals surface area contributed by atoms with Crippen molar-refractivity contribution in [2.75, 3.05) is 6.61 Å². The molecule has 5 aromatic rings. The van der Waals surface area contributed by atoms with E-state index in [1.54, 1.807) is 47.6 Å². The van der Waals surface area contributed by atoms with Crippen molar-refractivity contribution >= 4 is 17.1 Å². The predicted octanol–water partition coefficient (Wildman–Crippen LogP) is 2.76. The number of aromatic nitrogens is 6. The van der Waals surface area contributed by atoms with Crippen LogP contribution in [0.15, 0.2) is 75.3 Å². The van der Waals surface area contributed by atoms with Gasteiger partial charge >= 0.3 is 5.69 Å². The molecule has 3 aromatic heterocycles. The average Bonchev–Trinajstić information content (AvgIpc) is 3.48. The number of rotatable bonds is 5. The number of hydrogen-bond donors (Lipinski definition) is 1. The van der Waals surface area contributed by atoms with Gasteiger partial charge in [0.25, 0.3) is 17.0 Å². The van der Waals surface area contributed by atoms with Crippen molar-refractivity contribution in [3.05, 3.63) is 109 Å². The Bertz CT molecular complexity index is 1910. The van der Waals surface area contributed by atoms with Gasteiger partial charge in [-0.2, -0.15) is 0 Å². The lowest BCUT2D eigenvalue weighted by atomic mass is 10.0. The van der Waals surface area contributed by atoms with Gasteiger partial charge in [-0.25, -0.2) is 14.5 Å². The molecular weight excluding hydrogens is 550 g/mol. The fourth-order valence-corrected chi connectivity index (χ4v) is 4.68. The molecule has 0 radical (unpaired) electrons. The van der Waals surface area contributed by atoms with Crippen molar-refractivity contribution in [2.45, 2.75) is 33.6 Å². The Morgan fingerprint density at radius 2 is 1.51 bits per heavy atom. The Hall–Kier alpha value is -5.13. The van der Waals surface area contributed by atoms with Crippen LogP contribution >= 0.6 is 0 Å². The summed E-state index contributed by atoms with van der Waals surface area (Å²) >= 11 is 0. The quantitative estimate of drug-likeness (QED) is 0.334.